The Morgan fingerprint density at radius 2 is 1.88 bits per heavy atom. The van der Waals surface area contributed by atoms with Gasteiger partial charge in [0, 0.05) is 61.5 Å². The van der Waals surface area contributed by atoms with Crippen LogP contribution >= 0.6 is 0 Å². The van der Waals surface area contributed by atoms with Crippen molar-refractivity contribution in [2.75, 3.05) is 18.9 Å². The number of aromatic nitrogens is 5. The number of carbonyl (C=O) groups excluding carboxylic acids is 1. The number of hydrogen-bond donors (Lipinski definition) is 2. The Hall–Kier alpha value is -3.94. The Bertz CT molecular complexity index is 1240. The number of aryl methyl sites for hydroxylation is 1. The van der Waals surface area contributed by atoms with Gasteiger partial charge >= 0.3 is 0 Å². The van der Waals surface area contributed by atoms with Crippen molar-refractivity contribution in [3.05, 3.63) is 72.2 Å². The third-order valence-corrected chi connectivity index (χ3v) is 5.38. The van der Waals surface area contributed by atoms with Gasteiger partial charge in [0.1, 0.15) is 18.0 Å². The average Bonchev–Trinajstić information content (AvgIpc) is 2.86. The summed E-state index contributed by atoms with van der Waals surface area (Å²) in [4.78, 5) is 34.2. The zero-order valence-electron chi connectivity index (χ0n) is 18.3. The van der Waals surface area contributed by atoms with Crippen LogP contribution in [-0.2, 0) is 6.42 Å². The summed E-state index contributed by atoms with van der Waals surface area (Å²) in [6.45, 7) is 4.79. The second kappa shape index (κ2) is 9.47. The largest absolute Gasteiger partial charge is 0.369 e. The number of anilines is 1. The maximum atomic E-state index is 12.2. The maximum absolute atomic E-state index is 12.2. The van der Waals surface area contributed by atoms with Gasteiger partial charge < -0.3 is 10.6 Å². The van der Waals surface area contributed by atoms with E-state index in [4.69, 9.17) is 0 Å². The van der Waals surface area contributed by atoms with Gasteiger partial charge in [-0.1, -0.05) is 32.0 Å². The molecule has 0 aliphatic heterocycles. The van der Waals surface area contributed by atoms with Gasteiger partial charge in [-0.05, 0) is 11.6 Å². The predicted octanol–water partition coefficient (Wildman–Crippen LogP) is 3.62. The smallest absolute Gasteiger partial charge is 0.251 e. The number of benzene rings is 1. The highest BCUT2D eigenvalue weighted by molar-refractivity contribution is 6.06. The number of carbonyl (C=O) groups is 1. The Labute approximate surface area is 186 Å². The summed E-state index contributed by atoms with van der Waals surface area (Å²) in [6, 6.07) is 9.58. The van der Waals surface area contributed by atoms with Gasteiger partial charge in [0.05, 0.1) is 16.8 Å². The van der Waals surface area contributed by atoms with Gasteiger partial charge in [-0.25, -0.2) is 19.9 Å². The first kappa shape index (κ1) is 21.3. The van der Waals surface area contributed by atoms with Crippen molar-refractivity contribution in [2.45, 2.75) is 26.2 Å². The molecule has 162 valence electrons. The summed E-state index contributed by atoms with van der Waals surface area (Å²) in [5.74, 6) is 1.54. The summed E-state index contributed by atoms with van der Waals surface area (Å²) in [5.41, 5.74) is 4.13. The lowest BCUT2D eigenvalue weighted by Crippen LogP contribution is -2.18. The van der Waals surface area contributed by atoms with E-state index in [0.717, 1.165) is 45.8 Å². The van der Waals surface area contributed by atoms with Gasteiger partial charge in [-0.15, -0.1) is 0 Å². The number of fused-ring (bicyclic) bond motifs is 1. The molecule has 0 spiro atoms. The molecule has 0 saturated heterocycles. The van der Waals surface area contributed by atoms with Crippen LogP contribution in [0.2, 0.25) is 0 Å². The van der Waals surface area contributed by atoms with E-state index >= 15 is 0 Å². The molecule has 4 rings (SSSR count). The topological polar surface area (TPSA) is 106 Å². The van der Waals surface area contributed by atoms with Crippen molar-refractivity contribution in [3.8, 4) is 11.3 Å². The minimum Gasteiger partial charge on any atom is -0.369 e. The van der Waals surface area contributed by atoms with Gasteiger partial charge in [0.2, 0.25) is 0 Å². The second-order valence-electron chi connectivity index (χ2n) is 7.49. The molecule has 0 saturated carbocycles. The highest BCUT2D eigenvalue weighted by Gasteiger charge is 2.15. The van der Waals surface area contributed by atoms with Crippen LogP contribution in [0.15, 0.2) is 55.2 Å². The third-order valence-electron chi connectivity index (χ3n) is 5.38. The Morgan fingerprint density at radius 1 is 1.06 bits per heavy atom. The summed E-state index contributed by atoms with van der Waals surface area (Å²) >= 11 is 0. The minimum absolute atomic E-state index is 0.121. The lowest BCUT2D eigenvalue weighted by atomic mass is 9.96. The van der Waals surface area contributed by atoms with E-state index < -0.39 is 0 Å². The average molecular weight is 428 g/mol. The fourth-order valence-corrected chi connectivity index (χ4v) is 3.58. The summed E-state index contributed by atoms with van der Waals surface area (Å²) in [5, 5.41) is 6.93. The molecule has 8 heteroatoms. The molecule has 4 aromatic rings. The molecule has 0 fully saturated rings. The van der Waals surface area contributed by atoms with Gasteiger partial charge in [-0.2, -0.15) is 0 Å². The van der Waals surface area contributed by atoms with E-state index in [2.05, 4.69) is 42.5 Å². The fourth-order valence-electron chi connectivity index (χ4n) is 3.58. The number of para-hydroxylation sites is 1. The minimum atomic E-state index is -0.121. The molecule has 32 heavy (non-hydrogen) atoms. The van der Waals surface area contributed by atoms with Crippen LogP contribution in [-0.4, -0.2) is 44.4 Å². The van der Waals surface area contributed by atoms with Gasteiger partial charge in [0.15, 0.2) is 0 Å². The van der Waals surface area contributed by atoms with Crippen LogP contribution in [0, 0.1) is 0 Å². The fraction of sp³-hybridized carbons (Fsp3) is 0.250. The number of nitrogens with one attached hydrogen (secondary N) is 2. The summed E-state index contributed by atoms with van der Waals surface area (Å²) in [7, 11) is 1.63. The summed E-state index contributed by atoms with van der Waals surface area (Å²) < 4.78 is 0. The highest BCUT2D eigenvalue weighted by atomic mass is 16.1. The molecule has 0 bridgehead atoms. The second-order valence-corrected chi connectivity index (χ2v) is 7.49. The molecular formula is C24H25N7O. The number of hydrogen-bond acceptors (Lipinski definition) is 7. The Kier molecular flexibility index (Phi) is 6.30. The number of rotatable bonds is 7. The van der Waals surface area contributed by atoms with Crippen molar-refractivity contribution in [1.29, 1.82) is 0 Å². The zero-order chi connectivity index (χ0) is 22.5. The molecule has 2 N–H and O–H groups in total. The van der Waals surface area contributed by atoms with Crippen LogP contribution in [0.25, 0.3) is 22.2 Å². The monoisotopic (exact) mass is 427 g/mol. The zero-order valence-corrected chi connectivity index (χ0v) is 18.3. The molecule has 0 unspecified atom stereocenters. The van der Waals surface area contributed by atoms with Crippen LogP contribution in [0.1, 0.15) is 41.5 Å². The first-order valence-electron chi connectivity index (χ1n) is 10.6. The third kappa shape index (κ3) is 4.39. The molecule has 1 atom stereocenters. The quantitative estimate of drug-likeness (QED) is 0.464. The van der Waals surface area contributed by atoms with E-state index in [9.17, 15) is 4.79 Å². The lowest BCUT2D eigenvalue weighted by molar-refractivity contribution is 0.0964. The van der Waals surface area contributed by atoms with Crippen molar-refractivity contribution in [3.63, 3.8) is 0 Å². The van der Waals surface area contributed by atoms with Gasteiger partial charge in [-0.3, -0.25) is 9.78 Å². The van der Waals surface area contributed by atoms with Gasteiger partial charge in [0.25, 0.3) is 5.91 Å². The van der Waals surface area contributed by atoms with Crippen molar-refractivity contribution in [2.24, 2.45) is 0 Å². The molecule has 1 amide bonds. The Balaban J connectivity index is 1.53. The Morgan fingerprint density at radius 3 is 2.62 bits per heavy atom. The molecule has 0 aliphatic carbocycles. The molecular weight excluding hydrogens is 402 g/mol. The molecule has 3 aromatic heterocycles. The molecule has 3 heterocycles. The summed E-state index contributed by atoms with van der Waals surface area (Å²) in [6.07, 6.45) is 7.57. The number of nitrogens with zero attached hydrogens (tertiary/aromatic N) is 5. The molecule has 1 aromatic carbocycles. The predicted molar refractivity (Wildman–Crippen MR) is 124 cm³/mol. The van der Waals surface area contributed by atoms with Crippen molar-refractivity contribution < 1.29 is 4.79 Å². The lowest BCUT2D eigenvalue weighted by Gasteiger charge is -2.16. The van der Waals surface area contributed by atoms with E-state index in [-0.39, 0.29) is 11.8 Å². The standard InChI is InChI=1S/C24H25N7O/c1-4-21-28-12-16(13-29-21)20-10-22(31-14-30-20)27-11-15(2)17-6-5-7-18-19(24(32)25-3)8-9-26-23(17)18/h5-10,12-15H,4,11H2,1-3H3,(H,25,32)(H,27,30,31)/t15-/m1/s1. The maximum Gasteiger partial charge on any atom is 0.251 e. The molecule has 8 nitrogen and oxygen atoms in total. The highest BCUT2D eigenvalue weighted by Crippen LogP contribution is 2.27. The van der Waals surface area contributed by atoms with Crippen molar-refractivity contribution >= 4 is 22.6 Å². The van der Waals surface area contributed by atoms with Crippen LogP contribution in [0.5, 0.6) is 0 Å². The molecule has 0 radical (unpaired) electrons. The number of pyridine rings is 1. The van der Waals surface area contributed by atoms with E-state index in [0.29, 0.717) is 12.1 Å². The van der Waals surface area contributed by atoms with Crippen LogP contribution in [0.4, 0.5) is 5.82 Å². The van der Waals surface area contributed by atoms with Crippen molar-refractivity contribution in [1.82, 2.24) is 30.2 Å². The first-order chi connectivity index (χ1) is 15.6. The van der Waals surface area contributed by atoms with E-state index in [1.54, 1.807) is 31.7 Å². The first-order valence-corrected chi connectivity index (χ1v) is 10.6. The van der Waals surface area contributed by atoms with E-state index in [1.807, 2.05) is 31.2 Å². The number of amides is 1. The van der Waals surface area contributed by atoms with E-state index in [1.165, 1.54) is 6.33 Å². The van der Waals surface area contributed by atoms with Crippen LogP contribution < -0.4 is 10.6 Å². The normalized spacial score (nSPS) is 11.8. The SMILES string of the molecule is CCc1ncc(-c2cc(NC[C@@H](C)c3cccc4c(C(=O)NC)ccnc34)ncn2)cn1. The molecule has 0 aliphatic rings. The van der Waals surface area contributed by atoms with Crippen LogP contribution in [0.3, 0.4) is 0 Å².